The zero-order valence-corrected chi connectivity index (χ0v) is 9.63. The minimum absolute atomic E-state index is 0.250. The summed E-state index contributed by atoms with van der Waals surface area (Å²) >= 11 is 0. The van der Waals surface area contributed by atoms with Gasteiger partial charge in [-0.1, -0.05) is 0 Å². The molecule has 0 aromatic carbocycles. The van der Waals surface area contributed by atoms with E-state index in [-0.39, 0.29) is 11.5 Å². The monoisotopic (exact) mass is 213 g/mol. The van der Waals surface area contributed by atoms with Crippen LogP contribution in [0.25, 0.3) is 0 Å². The molecule has 1 saturated heterocycles. The molecule has 0 aromatic rings. The number of fused-ring (bicyclic) bond motifs is 2. The Bertz CT molecular complexity index is 285. The normalized spacial score (nSPS) is 39.5. The number of hydrogen-bond donors (Lipinski definition) is 1. The molecule has 0 aromatic heterocycles. The summed E-state index contributed by atoms with van der Waals surface area (Å²) in [7, 11) is 0. The van der Waals surface area contributed by atoms with Gasteiger partial charge >= 0.3 is 5.97 Å². The van der Waals surface area contributed by atoms with Gasteiger partial charge in [0.05, 0.1) is 6.61 Å². The molecule has 2 bridgehead atoms. The van der Waals surface area contributed by atoms with Gasteiger partial charge in [0, 0.05) is 12.0 Å². The lowest BCUT2D eigenvalue weighted by atomic mass is 10.00. The third-order valence-corrected chi connectivity index (χ3v) is 3.07. The first kappa shape index (κ1) is 10.9. The molecule has 1 heterocycles. The zero-order valence-electron chi connectivity index (χ0n) is 9.63. The van der Waals surface area contributed by atoms with Gasteiger partial charge in [0.25, 0.3) is 0 Å². The summed E-state index contributed by atoms with van der Waals surface area (Å²) in [6.45, 7) is 6.07. The lowest BCUT2D eigenvalue weighted by molar-refractivity contribution is -0.179. The second kappa shape index (κ2) is 2.95. The molecule has 2 fully saturated rings. The highest BCUT2D eigenvalue weighted by Gasteiger charge is 2.59. The van der Waals surface area contributed by atoms with Crippen molar-refractivity contribution in [1.82, 2.24) is 0 Å². The van der Waals surface area contributed by atoms with Crippen molar-refractivity contribution >= 4 is 5.97 Å². The molecule has 1 saturated carbocycles. The van der Waals surface area contributed by atoms with E-state index in [1.54, 1.807) is 0 Å². The van der Waals surface area contributed by atoms with Gasteiger partial charge in [-0.2, -0.15) is 0 Å². The first-order valence-electron chi connectivity index (χ1n) is 5.41. The fourth-order valence-corrected chi connectivity index (χ4v) is 2.33. The van der Waals surface area contributed by atoms with Crippen LogP contribution in [-0.2, 0) is 14.3 Å². The maximum absolute atomic E-state index is 12.0. The molecule has 86 valence electrons. The SMILES string of the molecule is CC(C)(C)OC(=O)C12CCC(N)(CO1)C2. The van der Waals surface area contributed by atoms with Crippen molar-refractivity contribution in [2.45, 2.75) is 56.8 Å². The third kappa shape index (κ3) is 1.88. The minimum Gasteiger partial charge on any atom is -0.458 e. The molecule has 0 radical (unpaired) electrons. The van der Waals surface area contributed by atoms with Crippen molar-refractivity contribution in [2.24, 2.45) is 5.73 Å². The minimum atomic E-state index is -0.748. The predicted octanol–water partition coefficient (Wildman–Crippen LogP) is 0.978. The zero-order chi connectivity index (χ0) is 11.3. The molecule has 2 N–H and O–H groups in total. The Balaban J connectivity index is 2.09. The van der Waals surface area contributed by atoms with Gasteiger partial charge in [-0.05, 0) is 33.6 Å². The molecule has 0 spiro atoms. The van der Waals surface area contributed by atoms with Crippen LogP contribution in [-0.4, -0.2) is 29.3 Å². The van der Waals surface area contributed by atoms with Gasteiger partial charge < -0.3 is 15.2 Å². The van der Waals surface area contributed by atoms with E-state index in [1.165, 1.54) is 0 Å². The second-order valence-corrected chi connectivity index (χ2v) is 5.82. The highest BCUT2D eigenvalue weighted by molar-refractivity contribution is 5.81. The maximum atomic E-state index is 12.0. The van der Waals surface area contributed by atoms with Gasteiger partial charge in [-0.3, -0.25) is 0 Å². The van der Waals surface area contributed by atoms with E-state index in [1.807, 2.05) is 20.8 Å². The second-order valence-electron chi connectivity index (χ2n) is 5.82. The Morgan fingerprint density at radius 1 is 1.40 bits per heavy atom. The van der Waals surface area contributed by atoms with Crippen LogP contribution in [0.5, 0.6) is 0 Å². The van der Waals surface area contributed by atoms with Gasteiger partial charge in [0.1, 0.15) is 5.60 Å². The Morgan fingerprint density at radius 2 is 2.07 bits per heavy atom. The molecule has 0 amide bonds. The smallest absolute Gasteiger partial charge is 0.339 e. The lowest BCUT2D eigenvalue weighted by Crippen LogP contribution is -2.42. The first-order chi connectivity index (χ1) is 6.75. The number of ether oxygens (including phenoxy) is 2. The van der Waals surface area contributed by atoms with E-state index in [0.717, 1.165) is 6.42 Å². The van der Waals surface area contributed by atoms with Crippen LogP contribution < -0.4 is 5.73 Å². The van der Waals surface area contributed by atoms with Crippen LogP contribution >= 0.6 is 0 Å². The number of nitrogens with two attached hydrogens (primary N) is 1. The van der Waals surface area contributed by atoms with Crippen molar-refractivity contribution in [2.75, 3.05) is 6.61 Å². The molecule has 2 rings (SSSR count). The molecule has 2 aliphatic rings. The third-order valence-electron chi connectivity index (χ3n) is 3.07. The summed E-state index contributed by atoms with van der Waals surface area (Å²) in [4.78, 5) is 12.0. The van der Waals surface area contributed by atoms with Crippen LogP contribution in [0.15, 0.2) is 0 Å². The lowest BCUT2D eigenvalue weighted by Gasteiger charge is -2.29. The van der Waals surface area contributed by atoms with E-state index in [4.69, 9.17) is 15.2 Å². The number of rotatable bonds is 1. The number of carbonyl (C=O) groups is 1. The summed E-state index contributed by atoms with van der Waals surface area (Å²) in [6, 6.07) is 0. The Labute approximate surface area is 90.1 Å². The van der Waals surface area contributed by atoms with Gasteiger partial charge in [-0.25, -0.2) is 4.79 Å². The molecule has 2 unspecified atom stereocenters. The van der Waals surface area contributed by atoms with Crippen LogP contribution in [0.2, 0.25) is 0 Å². The predicted molar refractivity (Wildman–Crippen MR) is 55.3 cm³/mol. The summed E-state index contributed by atoms with van der Waals surface area (Å²) in [5.74, 6) is -0.250. The van der Waals surface area contributed by atoms with E-state index >= 15 is 0 Å². The van der Waals surface area contributed by atoms with Gasteiger partial charge in [0.2, 0.25) is 0 Å². The fraction of sp³-hybridized carbons (Fsp3) is 0.909. The van der Waals surface area contributed by atoms with Crippen LogP contribution in [0.3, 0.4) is 0 Å². The van der Waals surface area contributed by atoms with Crippen LogP contribution in [0, 0.1) is 0 Å². The van der Waals surface area contributed by atoms with Crippen molar-refractivity contribution in [3.05, 3.63) is 0 Å². The topological polar surface area (TPSA) is 61.5 Å². The summed E-state index contributed by atoms with van der Waals surface area (Å²) < 4.78 is 10.9. The Kier molecular flexibility index (Phi) is 2.14. The largest absolute Gasteiger partial charge is 0.458 e. The molecule has 1 aliphatic carbocycles. The van der Waals surface area contributed by atoms with E-state index in [0.29, 0.717) is 19.4 Å². The molecule has 4 nitrogen and oxygen atoms in total. The van der Waals surface area contributed by atoms with Crippen molar-refractivity contribution in [3.8, 4) is 0 Å². The molecule has 15 heavy (non-hydrogen) atoms. The number of carbonyl (C=O) groups excluding carboxylic acids is 1. The molecular weight excluding hydrogens is 194 g/mol. The number of esters is 1. The summed E-state index contributed by atoms with van der Waals surface area (Å²) in [6.07, 6.45) is 2.15. The average Bonchev–Trinajstić information content (AvgIpc) is 2.55. The first-order valence-corrected chi connectivity index (χ1v) is 5.41. The van der Waals surface area contributed by atoms with Crippen LogP contribution in [0.4, 0.5) is 0 Å². The molecule has 2 atom stereocenters. The van der Waals surface area contributed by atoms with Gasteiger partial charge in [0.15, 0.2) is 5.60 Å². The van der Waals surface area contributed by atoms with Crippen molar-refractivity contribution < 1.29 is 14.3 Å². The summed E-state index contributed by atoms with van der Waals surface area (Å²) in [5, 5.41) is 0. The average molecular weight is 213 g/mol. The quantitative estimate of drug-likeness (QED) is 0.659. The van der Waals surface area contributed by atoms with Crippen molar-refractivity contribution in [1.29, 1.82) is 0 Å². The fourth-order valence-electron chi connectivity index (χ4n) is 2.33. The van der Waals surface area contributed by atoms with Crippen molar-refractivity contribution in [3.63, 3.8) is 0 Å². The van der Waals surface area contributed by atoms with E-state index in [9.17, 15) is 4.79 Å². The maximum Gasteiger partial charge on any atom is 0.339 e. The number of hydrogen-bond acceptors (Lipinski definition) is 4. The highest BCUT2D eigenvalue weighted by atomic mass is 16.6. The standard InChI is InChI=1S/C11H19NO3/c1-9(2,3)15-8(13)11-5-4-10(12,6-11)7-14-11/h4-7,12H2,1-3H3. The molecule has 4 heteroatoms. The van der Waals surface area contributed by atoms with Gasteiger partial charge in [-0.15, -0.1) is 0 Å². The summed E-state index contributed by atoms with van der Waals surface area (Å²) in [5.41, 5.74) is 4.55. The molecular formula is C11H19NO3. The Hall–Kier alpha value is -0.610. The molecule has 1 aliphatic heterocycles. The Morgan fingerprint density at radius 3 is 2.40 bits per heavy atom. The van der Waals surface area contributed by atoms with E-state index < -0.39 is 11.2 Å². The highest BCUT2D eigenvalue weighted by Crippen LogP contribution is 2.46. The van der Waals surface area contributed by atoms with Crippen LogP contribution in [0.1, 0.15) is 40.0 Å². The van der Waals surface area contributed by atoms with E-state index in [2.05, 4.69) is 0 Å².